The van der Waals surface area contributed by atoms with Gasteiger partial charge in [0, 0.05) is 11.8 Å². The van der Waals surface area contributed by atoms with Crippen LogP contribution >= 0.6 is 0 Å². The van der Waals surface area contributed by atoms with Gasteiger partial charge in [-0.2, -0.15) is 5.10 Å². The third kappa shape index (κ3) is 4.14. The molecule has 132 valence electrons. The van der Waals surface area contributed by atoms with Crippen molar-refractivity contribution >= 4 is 32.4 Å². The van der Waals surface area contributed by atoms with Crippen molar-refractivity contribution in [2.45, 2.75) is 19.8 Å². The van der Waals surface area contributed by atoms with Crippen LogP contribution in [0.15, 0.2) is 44.6 Å². The second-order valence-corrected chi connectivity index (χ2v) is 8.42. The summed E-state index contributed by atoms with van der Waals surface area (Å²) in [6, 6.07) is 8.78. The average molecular weight is 362 g/mol. The first-order valence-corrected chi connectivity index (χ1v) is 9.73. The van der Waals surface area contributed by atoms with E-state index in [2.05, 4.69) is 10.5 Å². The van der Waals surface area contributed by atoms with Gasteiger partial charge >= 0.3 is 5.63 Å². The van der Waals surface area contributed by atoms with E-state index in [1.807, 2.05) is 12.1 Å². The molecular formula is C17H18N2O5S. The number of fused-ring (bicyclic) bond motifs is 1. The van der Waals surface area contributed by atoms with E-state index in [0.717, 1.165) is 5.39 Å². The maximum absolute atomic E-state index is 12.0. The molecule has 8 heteroatoms. The summed E-state index contributed by atoms with van der Waals surface area (Å²) in [5.74, 6) is -0.374. The molecule has 1 aromatic carbocycles. The molecule has 25 heavy (non-hydrogen) atoms. The third-order valence-electron chi connectivity index (χ3n) is 4.18. The molecule has 7 nitrogen and oxygen atoms in total. The minimum absolute atomic E-state index is 0.0391. The van der Waals surface area contributed by atoms with Crippen molar-refractivity contribution in [3.63, 3.8) is 0 Å². The Labute approximate surface area is 144 Å². The predicted molar refractivity (Wildman–Crippen MR) is 94.2 cm³/mol. The van der Waals surface area contributed by atoms with Gasteiger partial charge in [0.15, 0.2) is 9.84 Å². The average Bonchev–Trinajstić information content (AvgIpc) is 2.90. The predicted octanol–water partition coefficient (Wildman–Crippen LogP) is 1.46. The van der Waals surface area contributed by atoms with Crippen LogP contribution in [0.5, 0.6) is 0 Å². The van der Waals surface area contributed by atoms with Gasteiger partial charge in [0.2, 0.25) is 5.91 Å². The van der Waals surface area contributed by atoms with Gasteiger partial charge in [-0.1, -0.05) is 18.2 Å². The molecule has 0 bridgehead atoms. The highest BCUT2D eigenvalue weighted by Crippen LogP contribution is 2.21. The van der Waals surface area contributed by atoms with Crippen LogP contribution in [0.3, 0.4) is 0 Å². The number of rotatable bonds is 4. The Morgan fingerprint density at radius 1 is 1.36 bits per heavy atom. The first-order valence-electron chi connectivity index (χ1n) is 7.91. The summed E-state index contributed by atoms with van der Waals surface area (Å²) < 4.78 is 28.1. The van der Waals surface area contributed by atoms with Crippen LogP contribution in [-0.4, -0.2) is 31.5 Å². The molecular weight excluding hydrogens is 344 g/mol. The van der Waals surface area contributed by atoms with Crippen molar-refractivity contribution < 1.29 is 17.6 Å². The van der Waals surface area contributed by atoms with E-state index in [1.54, 1.807) is 25.1 Å². The zero-order valence-corrected chi connectivity index (χ0v) is 14.5. The Morgan fingerprint density at radius 2 is 2.12 bits per heavy atom. The van der Waals surface area contributed by atoms with Crippen LogP contribution < -0.4 is 11.1 Å². The van der Waals surface area contributed by atoms with Crippen LogP contribution in [0.4, 0.5) is 0 Å². The summed E-state index contributed by atoms with van der Waals surface area (Å²) in [4.78, 5) is 24.0. The summed E-state index contributed by atoms with van der Waals surface area (Å²) in [6.45, 7) is 1.60. The molecule has 2 aromatic rings. The van der Waals surface area contributed by atoms with Crippen LogP contribution in [-0.2, 0) is 14.6 Å². The van der Waals surface area contributed by atoms with Gasteiger partial charge in [0.1, 0.15) is 5.58 Å². The maximum atomic E-state index is 12.0. The molecule has 0 aliphatic carbocycles. The number of hydrogen-bond acceptors (Lipinski definition) is 6. The summed E-state index contributed by atoms with van der Waals surface area (Å²) >= 11 is 0. The second-order valence-electron chi connectivity index (χ2n) is 6.19. The van der Waals surface area contributed by atoms with Crippen molar-refractivity contribution in [1.82, 2.24) is 5.43 Å². The van der Waals surface area contributed by atoms with Gasteiger partial charge in [-0.05, 0) is 31.4 Å². The minimum atomic E-state index is -3.01. The zero-order valence-electron chi connectivity index (χ0n) is 13.7. The van der Waals surface area contributed by atoms with Gasteiger partial charge in [0.25, 0.3) is 0 Å². The molecule has 3 rings (SSSR count). The van der Waals surface area contributed by atoms with Crippen LogP contribution in [0.25, 0.3) is 11.0 Å². The SMILES string of the molecule is C/C(=N/NC(=O)C[C@@H]1CCS(=O)(=O)C1)c1cc2ccccc2oc1=O. The van der Waals surface area contributed by atoms with Crippen molar-refractivity contribution in [2.75, 3.05) is 11.5 Å². The molecule has 1 atom stereocenters. The van der Waals surface area contributed by atoms with Crippen LogP contribution in [0.1, 0.15) is 25.3 Å². The van der Waals surface area contributed by atoms with Gasteiger partial charge < -0.3 is 4.42 Å². The molecule has 0 saturated carbocycles. The number of sulfone groups is 1. The Morgan fingerprint density at radius 3 is 2.84 bits per heavy atom. The Hall–Kier alpha value is -2.48. The molecule has 0 radical (unpaired) electrons. The normalized spacial score (nSPS) is 19.9. The van der Waals surface area contributed by atoms with Gasteiger partial charge in [-0.25, -0.2) is 18.6 Å². The van der Waals surface area contributed by atoms with E-state index in [1.165, 1.54) is 0 Å². The Balaban J connectivity index is 1.70. The summed E-state index contributed by atoms with van der Waals surface area (Å²) in [5.41, 5.74) is 2.93. The lowest BCUT2D eigenvalue weighted by molar-refractivity contribution is -0.121. The van der Waals surface area contributed by atoms with Crippen molar-refractivity contribution in [2.24, 2.45) is 11.0 Å². The van der Waals surface area contributed by atoms with E-state index in [4.69, 9.17) is 4.42 Å². The molecule has 2 heterocycles. The largest absolute Gasteiger partial charge is 0.422 e. The number of amides is 1. The molecule has 1 aromatic heterocycles. The number of nitrogens with one attached hydrogen (secondary N) is 1. The fraction of sp³-hybridized carbons (Fsp3) is 0.353. The number of nitrogens with zero attached hydrogens (tertiary/aromatic N) is 1. The lowest BCUT2D eigenvalue weighted by Gasteiger charge is -2.06. The second kappa shape index (κ2) is 6.79. The smallest absolute Gasteiger partial charge is 0.345 e. The van der Waals surface area contributed by atoms with Crippen LogP contribution in [0, 0.1) is 5.92 Å². The number of hydrogen-bond donors (Lipinski definition) is 1. The highest BCUT2D eigenvalue weighted by Gasteiger charge is 2.29. The standard InChI is InChI=1S/C17H18N2O5S/c1-11(14-9-13-4-2-3-5-15(13)24-17(14)21)18-19-16(20)8-12-6-7-25(22,23)10-12/h2-5,9,12H,6-8,10H2,1H3,(H,19,20)/b18-11-/t12-/m0/s1. The highest BCUT2D eigenvalue weighted by molar-refractivity contribution is 7.91. The number of benzene rings is 1. The molecule has 1 aliphatic heterocycles. The lowest BCUT2D eigenvalue weighted by atomic mass is 10.1. The molecule has 0 spiro atoms. The summed E-state index contributed by atoms with van der Waals surface area (Å²) in [5, 5.41) is 4.71. The van der Waals surface area contributed by atoms with E-state index in [9.17, 15) is 18.0 Å². The summed E-state index contributed by atoms with van der Waals surface area (Å²) in [6.07, 6.45) is 0.592. The zero-order chi connectivity index (χ0) is 18.0. The Kier molecular flexibility index (Phi) is 4.71. The van der Waals surface area contributed by atoms with E-state index >= 15 is 0 Å². The topological polar surface area (TPSA) is 106 Å². The number of carbonyl (C=O) groups is 1. The van der Waals surface area contributed by atoms with E-state index in [0.29, 0.717) is 17.7 Å². The van der Waals surface area contributed by atoms with Gasteiger partial charge in [-0.15, -0.1) is 0 Å². The van der Waals surface area contributed by atoms with Crippen molar-refractivity contribution in [3.05, 3.63) is 46.3 Å². The first-order chi connectivity index (χ1) is 11.8. The van der Waals surface area contributed by atoms with Crippen molar-refractivity contribution in [3.8, 4) is 0 Å². The molecule has 1 amide bonds. The fourth-order valence-corrected chi connectivity index (χ4v) is 4.72. The molecule has 1 saturated heterocycles. The highest BCUT2D eigenvalue weighted by atomic mass is 32.2. The van der Waals surface area contributed by atoms with E-state index in [-0.39, 0.29) is 35.3 Å². The lowest BCUT2D eigenvalue weighted by Crippen LogP contribution is -2.24. The van der Waals surface area contributed by atoms with Crippen LogP contribution in [0.2, 0.25) is 0 Å². The van der Waals surface area contributed by atoms with Gasteiger partial charge in [-0.3, -0.25) is 4.79 Å². The molecule has 1 fully saturated rings. The number of para-hydroxylation sites is 1. The quantitative estimate of drug-likeness (QED) is 0.503. The fourth-order valence-electron chi connectivity index (χ4n) is 2.86. The minimum Gasteiger partial charge on any atom is -0.422 e. The molecule has 1 aliphatic rings. The third-order valence-corrected chi connectivity index (χ3v) is 6.02. The Bertz CT molecular complexity index is 1010. The monoisotopic (exact) mass is 362 g/mol. The first kappa shape index (κ1) is 17.3. The summed E-state index contributed by atoms with van der Waals surface area (Å²) in [7, 11) is -3.01. The molecule has 0 unspecified atom stereocenters. The number of hydrazone groups is 1. The van der Waals surface area contributed by atoms with E-state index < -0.39 is 15.5 Å². The molecule has 1 N–H and O–H groups in total. The maximum Gasteiger partial charge on any atom is 0.345 e. The van der Waals surface area contributed by atoms with Crippen molar-refractivity contribution in [1.29, 1.82) is 0 Å². The number of carbonyl (C=O) groups excluding carboxylic acids is 1. The van der Waals surface area contributed by atoms with Gasteiger partial charge in [0.05, 0.1) is 22.8 Å².